The van der Waals surface area contributed by atoms with Crippen LogP contribution in [0.4, 0.5) is 0 Å². The fourth-order valence-electron chi connectivity index (χ4n) is 1.80. The minimum Gasteiger partial charge on any atom is -0.508 e. The van der Waals surface area contributed by atoms with E-state index in [-0.39, 0.29) is 5.78 Å². The molecule has 82 valence electrons. The highest BCUT2D eigenvalue weighted by atomic mass is 16.3. The van der Waals surface area contributed by atoms with Crippen LogP contribution in [0.2, 0.25) is 0 Å². The highest BCUT2D eigenvalue weighted by Crippen LogP contribution is 2.27. The number of carbonyl (C=O) groups excluding carboxylic acids is 1. The van der Waals surface area contributed by atoms with Crippen LogP contribution in [0, 0.1) is 20.8 Å². The minimum absolute atomic E-state index is 0.208. The van der Waals surface area contributed by atoms with E-state index in [0.29, 0.717) is 12.2 Å². The van der Waals surface area contributed by atoms with E-state index in [9.17, 15) is 9.90 Å². The van der Waals surface area contributed by atoms with Crippen molar-refractivity contribution < 1.29 is 9.90 Å². The molecule has 0 bridgehead atoms. The lowest BCUT2D eigenvalue weighted by molar-refractivity contribution is -0.116. The normalized spacial score (nSPS) is 10.4. The Kier molecular flexibility index (Phi) is 3.51. The van der Waals surface area contributed by atoms with Crippen LogP contribution in [0.15, 0.2) is 6.07 Å². The molecule has 0 saturated carbocycles. The van der Waals surface area contributed by atoms with E-state index in [4.69, 9.17) is 0 Å². The molecule has 0 radical (unpaired) electrons. The van der Waals surface area contributed by atoms with Crippen LogP contribution in [-0.4, -0.2) is 10.9 Å². The number of phenolic OH excluding ortho intramolecular Hbond substituents is 1. The van der Waals surface area contributed by atoms with Gasteiger partial charge in [-0.15, -0.1) is 0 Å². The summed E-state index contributed by atoms with van der Waals surface area (Å²) < 4.78 is 0. The smallest absolute Gasteiger partial charge is 0.130 e. The molecule has 0 heterocycles. The number of hydrogen-bond donors (Lipinski definition) is 1. The Morgan fingerprint density at radius 2 is 1.87 bits per heavy atom. The summed E-state index contributed by atoms with van der Waals surface area (Å²) in [5, 5.41) is 9.62. The Labute approximate surface area is 90.9 Å². The molecule has 0 atom stereocenters. The summed E-state index contributed by atoms with van der Waals surface area (Å²) in [5.41, 5.74) is 4.28. The van der Waals surface area contributed by atoms with Gasteiger partial charge in [-0.05, 0) is 62.4 Å². The maximum atomic E-state index is 10.9. The van der Waals surface area contributed by atoms with Crippen LogP contribution >= 0.6 is 0 Å². The van der Waals surface area contributed by atoms with Gasteiger partial charge in [-0.2, -0.15) is 0 Å². The molecule has 0 aromatic heterocycles. The van der Waals surface area contributed by atoms with E-state index in [1.165, 1.54) is 5.56 Å². The molecule has 0 fully saturated rings. The van der Waals surface area contributed by atoms with Crippen LogP contribution < -0.4 is 0 Å². The first kappa shape index (κ1) is 11.8. The highest BCUT2D eigenvalue weighted by Gasteiger charge is 2.09. The first-order chi connectivity index (χ1) is 6.93. The molecule has 0 unspecified atom stereocenters. The van der Waals surface area contributed by atoms with Crippen LogP contribution in [-0.2, 0) is 11.2 Å². The summed E-state index contributed by atoms with van der Waals surface area (Å²) in [5.74, 6) is 0.552. The molecule has 15 heavy (non-hydrogen) atoms. The van der Waals surface area contributed by atoms with E-state index in [2.05, 4.69) is 0 Å². The summed E-state index contributed by atoms with van der Waals surface area (Å²) >= 11 is 0. The maximum Gasteiger partial charge on any atom is 0.130 e. The Morgan fingerprint density at radius 3 is 2.40 bits per heavy atom. The molecule has 1 N–H and O–H groups in total. The van der Waals surface area contributed by atoms with E-state index in [1.54, 1.807) is 13.0 Å². The maximum absolute atomic E-state index is 10.9. The Bertz CT molecular complexity index is 392. The topological polar surface area (TPSA) is 37.3 Å². The van der Waals surface area contributed by atoms with Gasteiger partial charge in [0.1, 0.15) is 11.5 Å². The number of aryl methyl sites for hydroxylation is 1. The lowest BCUT2D eigenvalue weighted by Crippen LogP contribution is -2.00. The van der Waals surface area contributed by atoms with Crippen molar-refractivity contribution in [3.63, 3.8) is 0 Å². The van der Waals surface area contributed by atoms with Crippen LogP contribution in [0.5, 0.6) is 5.75 Å². The van der Waals surface area contributed by atoms with Gasteiger partial charge in [-0.3, -0.25) is 0 Å². The van der Waals surface area contributed by atoms with Gasteiger partial charge in [0, 0.05) is 6.42 Å². The summed E-state index contributed by atoms with van der Waals surface area (Å²) in [4.78, 5) is 10.9. The van der Waals surface area contributed by atoms with Gasteiger partial charge in [-0.25, -0.2) is 0 Å². The first-order valence-electron chi connectivity index (χ1n) is 5.21. The first-order valence-corrected chi connectivity index (χ1v) is 5.21. The van der Waals surface area contributed by atoms with Crippen molar-refractivity contribution in [3.05, 3.63) is 28.3 Å². The predicted octanol–water partition coefficient (Wildman–Crippen LogP) is 2.84. The third-order valence-corrected chi connectivity index (χ3v) is 2.96. The lowest BCUT2D eigenvalue weighted by Gasteiger charge is -2.13. The second-order valence-corrected chi connectivity index (χ2v) is 4.14. The minimum atomic E-state index is 0.208. The zero-order valence-electron chi connectivity index (χ0n) is 9.85. The van der Waals surface area contributed by atoms with Crippen molar-refractivity contribution in [1.29, 1.82) is 0 Å². The molecule has 0 aliphatic heterocycles. The number of hydrogen-bond acceptors (Lipinski definition) is 2. The molecule has 0 amide bonds. The fraction of sp³-hybridized carbons (Fsp3) is 0.462. The average Bonchev–Trinajstić information content (AvgIpc) is 2.14. The highest BCUT2D eigenvalue weighted by molar-refractivity contribution is 5.75. The standard InChI is InChI=1S/C13H18O2/c1-8-7-13(15)11(4)10(3)12(8)6-5-9(2)14/h7,15H,5-6H2,1-4H3. The van der Waals surface area contributed by atoms with Gasteiger partial charge in [0.25, 0.3) is 0 Å². The van der Waals surface area contributed by atoms with Gasteiger partial charge < -0.3 is 9.90 Å². The third kappa shape index (κ3) is 2.58. The molecule has 2 heteroatoms. The molecule has 1 aromatic carbocycles. The van der Waals surface area contributed by atoms with Gasteiger partial charge in [0.05, 0.1) is 0 Å². The molecule has 0 saturated heterocycles. The second kappa shape index (κ2) is 4.47. The van der Waals surface area contributed by atoms with Crippen LogP contribution in [0.25, 0.3) is 0 Å². The SMILES string of the molecule is CC(=O)CCc1c(C)cc(O)c(C)c1C. The molecule has 0 aliphatic carbocycles. The number of aromatic hydroxyl groups is 1. The van der Waals surface area contributed by atoms with Gasteiger partial charge in [-0.1, -0.05) is 0 Å². The number of Topliss-reactive ketones (excluding diaryl/α,β-unsaturated/α-hetero) is 1. The van der Waals surface area contributed by atoms with Crippen molar-refractivity contribution in [2.24, 2.45) is 0 Å². The molecule has 1 rings (SSSR count). The van der Waals surface area contributed by atoms with Crippen molar-refractivity contribution in [3.8, 4) is 5.75 Å². The van der Waals surface area contributed by atoms with Crippen molar-refractivity contribution in [2.45, 2.75) is 40.5 Å². The number of ketones is 1. The Morgan fingerprint density at radius 1 is 1.27 bits per heavy atom. The van der Waals surface area contributed by atoms with E-state index < -0.39 is 0 Å². The summed E-state index contributed by atoms with van der Waals surface area (Å²) in [6.07, 6.45) is 1.35. The molecule has 0 spiro atoms. The summed E-state index contributed by atoms with van der Waals surface area (Å²) in [6.45, 7) is 7.48. The zero-order valence-corrected chi connectivity index (χ0v) is 9.85. The predicted molar refractivity (Wildman–Crippen MR) is 61.3 cm³/mol. The Hall–Kier alpha value is -1.31. The summed E-state index contributed by atoms with van der Waals surface area (Å²) in [6, 6.07) is 1.78. The van der Waals surface area contributed by atoms with E-state index in [0.717, 1.165) is 23.1 Å². The zero-order chi connectivity index (χ0) is 11.6. The van der Waals surface area contributed by atoms with Gasteiger partial charge >= 0.3 is 0 Å². The quantitative estimate of drug-likeness (QED) is 0.825. The fourth-order valence-corrected chi connectivity index (χ4v) is 1.80. The Balaban J connectivity index is 3.07. The number of carbonyl (C=O) groups is 1. The number of benzene rings is 1. The third-order valence-electron chi connectivity index (χ3n) is 2.96. The van der Waals surface area contributed by atoms with Crippen LogP contribution in [0.1, 0.15) is 35.6 Å². The molecule has 0 aliphatic rings. The average molecular weight is 206 g/mol. The van der Waals surface area contributed by atoms with E-state index >= 15 is 0 Å². The largest absolute Gasteiger partial charge is 0.508 e. The van der Waals surface area contributed by atoms with Gasteiger partial charge in [0.2, 0.25) is 0 Å². The van der Waals surface area contributed by atoms with Crippen molar-refractivity contribution in [2.75, 3.05) is 0 Å². The van der Waals surface area contributed by atoms with Crippen LogP contribution in [0.3, 0.4) is 0 Å². The molecule has 1 aromatic rings. The molecular weight excluding hydrogens is 188 g/mol. The van der Waals surface area contributed by atoms with Crippen molar-refractivity contribution in [1.82, 2.24) is 0 Å². The molecule has 2 nitrogen and oxygen atoms in total. The van der Waals surface area contributed by atoms with Gasteiger partial charge in [0.15, 0.2) is 0 Å². The lowest BCUT2D eigenvalue weighted by atomic mass is 9.94. The monoisotopic (exact) mass is 206 g/mol. The number of phenols is 1. The molecular formula is C13H18O2. The number of rotatable bonds is 3. The van der Waals surface area contributed by atoms with E-state index in [1.807, 2.05) is 20.8 Å². The second-order valence-electron chi connectivity index (χ2n) is 4.14. The van der Waals surface area contributed by atoms with Crippen molar-refractivity contribution >= 4 is 5.78 Å². The summed E-state index contributed by atoms with van der Waals surface area (Å²) in [7, 11) is 0.